The smallest absolute Gasteiger partial charge is 0.119 e. The zero-order chi connectivity index (χ0) is 11.3. The van der Waals surface area contributed by atoms with Crippen molar-refractivity contribution < 1.29 is 9.13 Å². The fraction of sp³-hybridized carbons (Fsp3) is 0.333. The lowest BCUT2D eigenvalue weighted by molar-refractivity contribution is 0.414. The minimum atomic E-state index is -0.287. The molecule has 1 rings (SSSR count). The Labute approximate surface area is 89.6 Å². The molecule has 1 atom stereocenters. The number of benzene rings is 1. The molecule has 15 heavy (non-hydrogen) atoms. The van der Waals surface area contributed by atoms with E-state index in [-0.39, 0.29) is 18.3 Å². The van der Waals surface area contributed by atoms with E-state index in [9.17, 15) is 4.39 Å². The van der Waals surface area contributed by atoms with Crippen molar-refractivity contribution in [2.45, 2.75) is 12.8 Å². The number of hydrogen-bond acceptors (Lipinski definition) is 2. The van der Waals surface area contributed by atoms with Gasteiger partial charge in [0.15, 0.2) is 0 Å². The van der Waals surface area contributed by atoms with Crippen molar-refractivity contribution in [2.75, 3.05) is 13.7 Å². The molecule has 0 aliphatic carbocycles. The highest BCUT2D eigenvalue weighted by atomic mass is 19.1. The standard InChI is InChI=1S/C12H16FNO/c1-9(6-11(13)8-14)10-4-3-5-12(7-10)15-2/h3-7,9H,8,14H2,1-2H3/b11-6+. The number of methoxy groups -OCH3 is 1. The quantitative estimate of drug-likeness (QED) is 0.827. The van der Waals surface area contributed by atoms with Gasteiger partial charge in [0, 0.05) is 12.5 Å². The van der Waals surface area contributed by atoms with Gasteiger partial charge in [-0.15, -0.1) is 0 Å². The van der Waals surface area contributed by atoms with Gasteiger partial charge in [-0.2, -0.15) is 0 Å². The molecule has 1 aromatic rings. The molecule has 2 nitrogen and oxygen atoms in total. The van der Waals surface area contributed by atoms with Gasteiger partial charge in [-0.3, -0.25) is 0 Å². The Hall–Kier alpha value is -1.35. The van der Waals surface area contributed by atoms with Crippen LogP contribution in [0.3, 0.4) is 0 Å². The molecule has 82 valence electrons. The van der Waals surface area contributed by atoms with Crippen LogP contribution in [-0.2, 0) is 0 Å². The largest absolute Gasteiger partial charge is 0.497 e. The Morgan fingerprint density at radius 2 is 2.33 bits per heavy atom. The van der Waals surface area contributed by atoms with E-state index < -0.39 is 0 Å². The Bertz CT molecular complexity index is 349. The van der Waals surface area contributed by atoms with Crippen LogP contribution >= 0.6 is 0 Å². The van der Waals surface area contributed by atoms with Gasteiger partial charge < -0.3 is 10.5 Å². The SMILES string of the molecule is COc1cccc(C(C)/C=C(/F)CN)c1. The van der Waals surface area contributed by atoms with Gasteiger partial charge in [-0.1, -0.05) is 19.1 Å². The van der Waals surface area contributed by atoms with Gasteiger partial charge in [-0.05, 0) is 23.8 Å². The zero-order valence-electron chi connectivity index (χ0n) is 9.03. The third-order valence-electron chi connectivity index (χ3n) is 2.25. The summed E-state index contributed by atoms with van der Waals surface area (Å²) in [5.74, 6) is 0.495. The molecule has 0 aliphatic heterocycles. The predicted molar refractivity (Wildman–Crippen MR) is 59.7 cm³/mol. The van der Waals surface area contributed by atoms with Gasteiger partial charge in [-0.25, -0.2) is 4.39 Å². The van der Waals surface area contributed by atoms with Crippen LogP contribution in [0.15, 0.2) is 36.2 Å². The molecular weight excluding hydrogens is 193 g/mol. The molecule has 3 heteroatoms. The maximum Gasteiger partial charge on any atom is 0.119 e. The molecule has 0 aromatic heterocycles. The molecule has 0 saturated carbocycles. The molecule has 1 aromatic carbocycles. The number of nitrogens with two attached hydrogens (primary N) is 1. The molecule has 0 radical (unpaired) electrons. The van der Waals surface area contributed by atoms with Crippen LogP contribution in [-0.4, -0.2) is 13.7 Å². The topological polar surface area (TPSA) is 35.2 Å². The summed E-state index contributed by atoms with van der Waals surface area (Å²) in [5, 5.41) is 0. The summed E-state index contributed by atoms with van der Waals surface area (Å²) in [6.45, 7) is 1.87. The molecule has 2 N–H and O–H groups in total. The van der Waals surface area contributed by atoms with Crippen molar-refractivity contribution in [1.29, 1.82) is 0 Å². The van der Waals surface area contributed by atoms with Gasteiger partial charge in [0.1, 0.15) is 11.6 Å². The first kappa shape index (κ1) is 11.7. The summed E-state index contributed by atoms with van der Waals surface area (Å²) in [6, 6.07) is 7.58. The van der Waals surface area contributed by atoms with Crippen LogP contribution in [0.5, 0.6) is 5.75 Å². The maximum atomic E-state index is 13.0. The third kappa shape index (κ3) is 3.36. The molecule has 0 aliphatic rings. The van der Waals surface area contributed by atoms with Crippen molar-refractivity contribution in [3.05, 3.63) is 41.7 Å². The van der Waals surface area contributed by atoms with Gasteiger partial charge >= 0.3 is 0 Å². The maximum absolute atomic E-state index is 13.0. The van der Waals surface area contributed by atoms with E-state index >= 15 is 0 Å². The van der Waals surface area contributed by atoms with E-state index in [2.05, 4.69) is 0 Å². The normalized spacial score (nSPS) is 13.7. The average molecular weight is 209 g/mol. The first-order valence-electron chi connectivity index (χ1n) is 4.87. The van der Waals surface area contributed by atoms with Crippen LogP contribution < -0.4 is 10.5 Å². The summed E-state index contributed by atoms with van der Waals surface area (Å²) in [5.41, 5.74) is 6.20. The second-order valence-electron chi connectivity index (χ2n) is 3.38. The highest BCUT2D eigenvalue weighted by molar-refractivity contribution is 5.32. The molecule has 0 fully saturated rings. The highest BCUT2D eigenvalue weighted by Crippen LogP contribution is 2.22. The third-order valence-corrected chi connectivity index (χ3v) is 2.25. The van der Waals surface area contributed by atoms with E-state index in [1.165, 1.54) is 6.08 Å². The van der Waals surface area contributed by atoms with Crippen molar-refractivity contribution in [2.24, 2.45) is 5.73 Å². The molecule has 0 amide bonds. The van der Waals surface area contributed by atoms with E-state index in [0.29, 0.717) is 0 Å². The summed E-state index contributed by atoms with van der Waals surface area (Å²) in [4.78, 5) is 0. The van der Waals surface area contributed by atoms with Crippen LogP contribution in [0, 0.1) is 0 Å². The number of allylic oxidation sites excluding steroid dienone is 1. The predicted octanol–water partition coefficient (Wildman–Crippen LogP) is 2.61. The minimum absolute atomic E-state index is 0.00338. The lowest BCUT2D eigenvalue weighted by Crippen LogP contribution is -2.00. The number of hydrogen-bond donors (Lipinski definition) is 1. The van der Waals surface area contributed by atoms with Crippen molar-refractivity contribution >= 4 is 0 Å². The van der Waals surface area contributed by atoms with E-state index in [0.717, 1.165) is 11.3 Å². The second-order valence-corrected chi connectivity index (χ2v) is 3.38. The Morgan fingerprint density at radius 1 is 1.60 bits per heavy atom. The van der Waals surface area contributed by atoms with E-state index in [1.54, 1.807) is 7.11 Å². The Morgan fingerprint density at radius 3 is 2.93 bits per heavy atom. The molecule has 0 spiro atoms. The molecule has 0 heterocycles. The van der Waals surface area contributed by atoms with E-state index in [4.69, 9.17) is 10.5 Å². The fourth-order valence-corrected chi connectivity index (χ4v) is 1.36. The molecule has 1 unspecified atom stereocenters. The summed E-state index contributed by atoms with van der Waals surface area (Å²) < 4.78 is 18.1. The lowest BCUT2D eigenvalue weighted by atomic mass is 10.0. The van der Waals surface area contributed by atoms with E-state index in [1.807, 2.05) is 31.2 Å². The van der Waals surface area contributed by atoms with Crippen molar-refractivity contribution in [3.63, 3.8) is 0 Å². The Balaban J connectivity index is 2.86. The van der Waals surface area contributed by atoms with Gasteiger partial charge in [0.2, 0.25) is 0 Å². The lowest BCUT2D eigenvalue weighted by Gasteiger charge is -2.08. The Kier molecular flexibility index (Phi) is 4.31. The number of halogens is 1. The first-order chi connectivity index (χ1) is 7.17. The molecular formula is C12H16FNO. The zero-order valence-corrected chi connectivity index (χ0v) is 9.03. The first-order valence-corrected chi connectivity index (χ1v) is 4.87. The summed E-state index contributed by atoms with van der Waals surface area (Å²) >= 11 is 0. The van der Waals surface area contributed by atoms with Crippen molar-refractivity contribution in [1.82, 2.24) is 0 Å². The highest BCUT2D eigenvalue weighted by Gasteiger charge is 2.04. The minimum Gasteiger partial charge on any atom is -0.497 e. The van der Waals surface area contributed by atoms with Crippen molar-refractivity contribution in [3.8, 4) is 5.75 Å². The van der Waals surface area contributed by atoms with Gasteiger partial charge in [0.05, 0.1) is 7.11 Å². The summed E-state index contributed by atoms with van der Waals surface area (Å²) in [6.07, 6.45) is 1.52. The number of rotatable bonds is 4. The molecule has 0 saturated heterocycles. The fourth-order valence-electron chi connectivity index (χ4n) is 1.36. The molecule has 0 bridgehead atoms. The van der Waals surface area contributed by atoms with Gasteiger partial charge in [0.25, 0.3) is 0 Å². The average Bonchev–Trinajstić information content (AvgIpc) is 2.28. The second kappa shape index (κ2) is 5.51. The van der Waals surface area contributed by atoms with Crippen LogP contribution in [0.2, 0.25) is 0 Å². The number of ether oxygens (including phenoxy) is 1. The van der Waals surface area contributed by atoms with Crippen LogP contribution in [0.25, 0.3) is 0 Å². The van der Waals surface area contributed by atoms with Crippen LogP contribution in [0.1, 0.15) is 18.4 Å². The van der Waals surface area contributed by atoms with Crippen LogP contribution in [0.4, 0.5) is 4.39 Å². The summed E-state index contributed by atoms with van der Waals surface area (Å²) in [7, 11) is 1.61. The monoisotopic (exact) mass is 209 g/mol.